The molecule has 0 bridgehead atoms. The van der Waals surface area contributed by atoms with Gasteiger partial charge in [0, 0.05) is 12.3 Å². The quantitative estimate of drug-likeness (QED) is 0.261. The number of rotatable bonds is 2. The Kier molecular flexibility index (Phi) is 6.17. The molecule has 13 heteroatoms. The van der Waals surface area contributed by atoms with Gasteiger partial charge in [-0.1, -0.05) is 0 Å². The molecule has 1 saturated heterocycles. The number of phosphoric acid groups is 1. The molecular weight excluding hydrogens is 327 g/mol. The third-order valence-electron chi connectivity index (χ3n) is 2.64. The smallest absolute Gasteiger partial charge is 0.394 e. The summed E-state index contributed by atoms with van der Waals surface area (Å²) >= 11 is 0. The summed E-state index contributed by atoms with van der Waals surface area (Å²) in [6.45, 7) is -0.479. The molecule has 2 rings (SSSR count). The van der Waals surface area contributed by atoms with Gasteiger partial charge in [-0.15, -0.1) is 0 Å². The van der Waals surface area contributed by atoms with Crippen LogP contribution in [-0.2, 0) is 9.30 Å². The number of aliphatic hydroxyl groups excluding tert-OH is 3. The molecule has 1 fully saturated rings. The Hall–Kier alpha value is -1.37. The van der Waals surface area contributed by atoms with Crippen molar-refractivity contribution < 1.29 is 39.3 Å². The van der Waals surface area contributed by atoms with Crippen LogP contribution in [0.15, 0.2) is 21.9 Å². The average molecular weight is 342 g/mol. The summed E-state index contributed by atoms with van der Waals surface area (Å²) in [5.41, 5.74) is -1.33. The third kappa shape index (κ3) is 5.12. The minimum Gasteiger partial charge on any atom is -0.394 e. The maximum atomic E-state index is 11.4. The molecule has 1 aliphatic rings. The summed E-state index contributed by atoms with van der Waals surface area (Å²) in [4.78, 5) is 45.9. The zero-order valence-corrected chi connectivity index (χ0v) is 11.8. The Bertz CT molecular complexity index is 642. The predicted octanol–water partition coefficient (Wildman–Crippen LogP) is -3.78. The summed E-state index contributed by atoms with van der Waals surface area (Å²) in [6.07, 6.45) is -3.58. The van der Waals surface area contributed by atoms with Crippen LogP contribution >= 0.6 is 7.82 Å². The predicted molar refractivity (Wildman–Crippen MR) is 68.6 cm³/mol. The highest BCUT2D eigenvalue weighted by atomic mass is 31.2. The van der Waals surface area contributed by atoms with E-state index in [9.17, 15) is 19.8 Å². The van der Waals surface area contributed by atoms with Gasteiger partial charge in [0.15, 0.2) is 6.23 Å². The normalized spacial score (nSPS) is 28.1. The van der Waals surface area contributed by atoms with E-state index in [2.05, 4.69) is 0 Å². The molecule has 1 aliphatic heterocycles. The summed E-state index contributed by atoms with van der Waals surface area (Å²) in [5.74, 6) is 0. The van der Waals surface area contributed by atoms with Crippen LogP contribution in [0.5, 0.6) is 0 Å². The van der Waals surface area contributed by atoms with Crippen molar-refractivity contribution >= 4 is 7.82 Å². The lowest BCUT2D eigenvalue weighted by Gasteiger charge is -2.16. The summed E-state index contributed by atoms with van der Waals surface area (Å²) in [6, 6.07) is 1.09. The fourth-order valence-electron chi connectivity index (χ4n) is 1.74. The fraction of sp³-hybridized carbons (Fsp3) is 0.556. The van der Waals surface area contributed by atoms with E-state index in [-0.39, 0.29) is 0 Å². The van der Waals surface area contributed by atoms with Gasteiger partial charge in [-0.2, -0.15) is 0 Å². The van der Waals surface area contributed by atoms with Crippen LogP contribution in [0.3, 0.4) is 0 Å². The molecular formula is C9H15N2O10P. The van der Waals surface area contributed by atoms with E-state index in [1.807, 2.05) is 4.98 Å². The van der Waals surface area contributed by atoms with Crippen LogP contribution in [0, 0.1) is 0 Å². The van der Waals surface area contributed by atoms with Gasteiger partial charge < -0.3 is 34.7 Å². The second kappa shape index (κ2) is 7.26. The van der Waals surface area contributed by atoms with Crippen LogP contribution < -0.4 is 11.2 Å². The lowest BCUT2D eigenvalue weighted by atomic mass is 10.1. The minimum absolute atomic E-state index is 0.479. The lowest BCUT2D eigenvalue weighted by Crippen LogP contribution is -2.37. The average Bonchev–Trinajstić information content (AvgIpc) is 2.64. The molecule has 4 atom stereocenters. The number of hydrogen-bond acceptors (Lipinski definition) is 7. The fourth-order valence-corrected chi connectivity index (χ4v) is 1.74. The first-order valence-corrected chi connectivity index (χ1v) is 7.33. The van der Waals surface area contributed by atoms with Crippen molar-refractivity contribution in [2.24, 2.45) is 0 Å². The Morgan fingerprint density at radius 1 is 1.23 bits per heavy atom. The number of H-pyrrole nitrogens is 1. The Labute approximate surface area is 122 Å². The first-order valence-electron chi connectivity index (χ1n) is 5.77. The SMILES string of the molecule is O=P(O)(O)O.O=c1ccn([C@@H]2O[C@H](CO)[C@@H](O)[C@H]2O)c(=O)[nH]1. The zero-order chi connectivity index (χ0) is 17.1. The Morgan fingerprint density at radius 3 is 2.18 bits per heavy atom. The maximum absolute atomic E-state index is 11.4. The van der Waals surface area contributed by atoms with Crippen molar-refractivity contribution in [3.8, 4) is 0 Å². The van der Waals surface area contributed by atoms with E-state index in [1.54, 1.807) is 0 Å². The number of aromatic nitrogens is 2. The van der Waals surface area contributed by atoms with E-state index >= 15 is 0 Å². The molecule has 0 spiro atoms. The summed E-state index contributed by atoms with van der Waals surface area (Å²) < 4.78 is 15.0. The molecule has 0 aliphatic carbocycles. The van der Waals surface area contributed by atoms with Gasteiger partial charge in [-0.25, -0.2) is 9.36 Å². The number of ether oxygens (including phenoxy) is 1. The standard InChI is InChI=1S/C9H12N2O6.H3O4P/c12-3-4-6(14)7(15)8(17-4)11-2-1-5(13)10-9(11)16;1-5(2,3)4/h1-2,4,6-8,12,14-15H,3H2,(H,10,13,16);(H3,1,2,3,4)/t4-,6-,7-,8-;/m1./s1. The van der Waals surface area contributed by atoms with Gasteiger partial charge in [-0.05, 0) is 0 Å². The van der Waals surface area contributed by atoms with Gasteiger partial charge >= 0.3 is 13.5 Å². The van der Waals surface area contributed by atoms with Gasteiger partial charge in [0.1, 0.15) is 18.3 Å². The number of hydrogen-bond donors (Lipinski definition) is 7. The van der Waals surface area contributed by atoms with E-state index < -0.39 is 50.2 Å². The molecule has 126 valence electrons. The molecule has 0 saturated carbocycles. The first kappa shape index (κ1) is 18.7. The van der Waals surface area contributed by atoms with E-state index in [0.717, 1.165) is 16.8 Å². The van der Waals surface area contributed by atoms with E-state index in [4.69, 9.17) is 29.1 Å². The van der Waals surface area contributed by atoms with Crippen molar-refractivity contribution in [3.63, 3.8) is 0 Å². The third-order valence-corrected chi connectivity index (χ3v) is 2.64. The van der Waals surface area contributed by atoms with Crippen LogP contribution in [0.25, 0.3) is 0 Å². The van der Waals surface area contributed by atoms with Crippen LogP contribution in [0.4, 0.5) is 0 Å². The molecule has 7 N–H and O–H groups in total. The molecule has 1 aromatic rings. The zero-order valence-electron chi connectivity index (χ0n) is 10.9. The highest BCUT2D eigenvalue weighted by Crippen LogP contribution is 2.27. The highest BCUT2D eigenvalue weighted by Gasteiger charge is 2.43. The van der Waals surface area contributed by atoms with Crippen LogP contribution in [-0.4, -0.2) is 64.5 Å². The van der Waals surface area contributed by atoms with Crippen molar-refractivity contribution in [2.45, 2.75) is 24.5 Å². The summed E-state index contributed by atoms with van der Waals surface area (Å²) in [7, 11) is -4.64. The monoisotopic (exact) mass is 342 g/mol. The van der Waals surface area contributed by atoms with Crippen molar-refractivity contribution in [1.82, 2.24) is 9.55 Å². The number of aliphatic hydroxyl groups is 3. The number of nitrogens with zero attached hydrogens (tertiary/aromatic N) is 1. The molecule has 12 nitrogen and oxygen atoms in total. The molecule has 0 aromatic carbocycles. The first-order chi connectivity index (χ1) is 10.0. The van der Waals surface area contributed by atoms with E-state index in [1.165, 1.54) is 0 Å². The molecule has 0 amide bonds. The number of nitrogens with one attached hydrogen (secondary N) is 1. The molecule has 1 aromatic heterocycles. The lowest BCUT2D eigenvalue weighted by molar-refractivity contribution is -0.0550. The van der Waals surface area contributed by atoms with E-state index in [0.29, 0.717) is 0 Å². The minimum atomic E-state index is -4.64. The van der Waals surface area contributed by atoms with Crippen LogP contribution in [0.2, 0.25) is 0 Å². The highest BCUT2D eigenvalue weighted by molar-refractivity contribution is 7.45. The van der Waals surface area contributed by atoms with Crippen molar-refractivity contribution in [3.05, 3.63) is 33.1 Å². The van der Waals surface area contributed by atoms with Gasteiger partial charge in [0.25, 0.3) is 5.56 Å². The Balaban J connectivity index is 0.000000422. The molecule has 2 heterocycles. The second-order valence-electron chi connectivity index (χ2n) is 4.26. The molecule has 22 heavy (non-hydrogen) atoms. The molecule has 0 radical (unpaired) electrons. The maximum Gasteiger partial charge on any atom is 0.466 e. The topological polar surface area (TPSA) is 203 Å². The molecule has 0 unspecified atom stereocenters. The van der Waals surface area contributed by atoms with Gasteiger partial charge in [-0.3, -0.25) is 14.3 Å². The van der Waals surface area contributed by atoms with Gasteiger partial charge in [0.05, 0.1) is 6.61 Å². The van der Waals surface area contributed by atoms with Crippen LogP contribution in [0.1, 0.15) is 6.23 Å². The van der Waals surface area contributed by atoms with Crippen molar-refractivity contribution in [1.29, 1.82) is 0 Å². The number of aromatic amines is 1. The summed E-state index contributed by atoms with van der Waals surface area (Å²) in [5, 5.41) is 28.1. The largest absolute Gasteiger partial charge is 0.466 e. The van der Waals surface area contributed by atoms with Gasteiger partial charge in [0.2, 0.25) is 0 Å². The second-order valence-corrected chi connectivity index (χ2v) is 5.29. The Morgan fingerprint density at radius 2 is 1.77 bits per heavy atom. The van der Waals surface area contributed by atoms with Crippen molar-refractivity contribution in [2.75, 3.05) is 6.61 Å².